The molecule has 0 atom stereocenters. The van der Waals surface area contributed by atoms with Crippen LogP contribution in [0.1, 0.15) is 19.5 Å². The molecule has 0 spiro atoms. The van der Waals surface area contributed by atoms with Gasteiger partial charge in [-0.2, -0.15) is 5.10 Å². The molecule has 0 fully saturated rings. The molecule has 2 rings (SSSR count). The van der Waals surface area contributed by atoms with E-state index in [1.165, 1.54) is 0 Å². The summed E-state index contributed by atoms with van der Waals surface area (Å²) in [6, 6.07) is 12.1. The first-order valence-electron chi connectivity index (χ1n) is 7.37. The van der Waals surface area contributed by atoms with E-state index < -0.39 is 0 Å². The molecule has 0 aliphatic rings. The second kappa shape index (κ2) is 8.56. The third kappa shape index (κ3) is 4.97. The summed E-state index contributed by atoms with van der Waals surface area (Å²) in [5, 5.41) is 7.85. The van der Waals surface area contributed by atoms with Crippen molar-refractivity contribution in [1.29, 1.82) is 0 Å². The molecule has 114 valence electrons. The van der Waals surface area contributed by atoms with Gasteiger partial charge in [0.2, 0.25) is 0 Å². The molecule has 0 amide bonds. The molecule has 1 heterocycles. The van der Waals surface area contributed by atoms with Crippen LogP contribution in [0.25, 0.3) is 5.69 Å². The maximum atomic E-state index is 5.48. The predicted octanol–water partition coefficient (Wildman–Crippen LogP) is 2.36. The quantitative estimate of drug-likeness (QED) is 0.720. The molecule has 0 radical (unpaired) electrons. The highest BCUT2D eigenvalue weighted by molar-refractivity contribution is 5.30. The minimum atomic E-state index is -0.198. The number of nitrogens with one attached hydrogen (secondary N) is 1. The van der Waals surface area contributed by atoms with Crippen molar-refractivity contribution in [2.45, 2.75) is 26.7 Å². The Morgan fingerprint density at radius 3 is 2.48 bits per heavy atom. The summed E-state index contributed by atoms with van der Waals surface area (Å²) in [4.78, 5) is 0. The average Bonchev–Trinajstić information content (AvgIpc) is 2.97. The molecule has 1 aromatic carbocycles. The number of ether oxygens (including phenoxy) is 2. The number of hydrogen-bond donors (Lipinski definition) is 1. The number of rotatable bonds is 9. The Balaban J connectivity index is 1.83. The molecule has 0 saturated carbocycles. The van der Waals surface area contributed by atoms with Crippen molar-refractivity contribution in [2.75, 3.05) is 19.8 Å². The Kier molecular flexibility index (Phi) is 6.40. The Morgan fingerprint density at radius 2 is 1.81 bits per heavy atom. The summed E-state index contributed by atoms with van der Waals surface area (Å²) >= 11 is 0. The van der Waals surface area contributed by atoms with Gasteiger partial charge >= 0.3 is 0 Å². The van der Waals surface area contributed by atoms with Crippen LogP contribution in [0.15, 0.2) is 42.6 Å². The summed E-state index contributed by atoms with van der Waals surface area (Å²) in [5.74, 6) is 0. The van der Waals surface area contributed by atoms with Crippen LogP contribution in [0, 0.1) is 0 Å². The van der Waals surface area contributed by atoms with E-state index in [1.54, 1.807) is 0 Å². The lowest BCUT2D eigenvalue weighted by molar-refractivity contribution is -0.133. The van der Waals surface area contributed by atoms with Crippen LogP contribution in [0.4, 0.5) is 0 Å². The van der Waals surface area contributed by atoms with Gasteiger partial charge in [-0.05, 0) is 32.0 Å². The van der Waals surface area contributed by atoms with E-state index in [2.05, 4.69) is 10.4 Å². The van der Waals surface area contributed by atoms with Gasteiger partial charge in [-0.1, -0.05) is 18.2 Å². The zero-order valence-electron chi connectivity index (χ0n) is 12.7. The van der Waals surface area contributed by atoms with Crippen molar-refractivity contribution < 1.29 is 9.47 Å². The monoisotopic (exact) mass is 289 g/mol. The van der Waals surface area contributed by atoms with E-state index in [-0.39, 0.29) is 6.29 Å². The fourth-order valence-corrected chi connectivity index (χ4v) is 2.04. The van der Waals surface area contributed by atoms with E-state index in [0.717, 1.165) is 11.4 Å². The van der Waals surface area contributed by atoms with Crippen LogP contribution in [0.2, 0.25) is 0 Å². The molecule has 0 bridgehead atoms. The van der Waals surface area contributed by atoms with Crippen molar-refractivity contribution in [3.8, 4) is 5.69 Å². The standard InChI is InChI=1S/C16H23N3O2/c1-3-20-16(21-4-2)13-17-12-14-10-11-19(18-14)15-8-6-5-7-9-15/h5-11,16-17H,3-4,12-13H2,1-2H3. The van der Waals surface area contributed by atoms with Crippen molar-refractivity contribution in [1.82, 2.24) is 15.1 Å². The van der Waals surface area contributed by atoms with Gasteiger partial charge in [0, 0.05) is 32.5 Å². The zero-order valence-corrected chi connectivity index (χ0v) is 12.7. The SMILES string of the molecule is CCOC(CNCc1ccn(-c2ccccc2)n1)OCC. The zero-order chi connectivity index (χ0) is 14.9. The van der Waals surface area contributed by atoms with Crippen LogP contribution in [0.3, 0.4) is 0 Å². The van der Waals surface area contributed by atoms with Gasteiger partial charge in [0.1, 0.15) is 0 Å². The van der Waals surface area contributed by atoms with E-state index in [4.69, 9.17) is 9.47 Å². The van der Waals surface area contributed by atoms with E-state index in [9.17, 15) is 0 Å². The second-order valence-corrected chi connectivity index (χ2v) is 4.56. The molecule has 0 aliphatic heterocycles. The second-order valence-electron chi connectivity index (χ2n) is 4.56. The summed E-state index contributed by atoms with van der Waals surface area (Å²) < 4.78 is 12.8. The van der Waals surface area contributed by atoms with Crippen LogP contribution in [-0.2, 0) is 16.0 Å². The Morgan fingerprint density at radius 1 is 1.10 bits per heavy atom. The topological polar surface area (TPSA) is 48.3 Å². The van der Waals surface area contributed by atoms with Crippen LogP contribution in [-0.4, -0.2) is 35.8 Å². The highest BCUT2D eigenvalue weighted by Crippen LogP contribution is 2.06. The van der Waals surface area contributed by atoms with E-state index in [1.807, 2.05) is 61.1 Å². The number of benzene rings is 1. The molecular formula is C16H23N3O2. The highest BCUT2D eigenvalue weighted by Gasteiger charge is 2.07. The first-order valence-corrected chi connectivity index (χ1v) is 7.37. The van der Waals surface area contributed by atoms with Crippen LogP contribution < -0.4 is 5.32 Å². The predicted molar refractivity (Wildman–Crippen MR) is 82.3 cm³/mol. The molecule has 5 heteroatoms. The lowest BCUT2D eigenvalue weighted by Crippen LogP contribution is -2.31. The molecule has 5 nitrogen and oxygen atoms in total. The van der Waals surface area contributed by atoms with Crippen molar-refractivity contribution in [3.63, 3.8) is 0 Å². The number of aromatic nitrogens is 2. The van der Waals surface area contributed by atoms with Crippen LogP contribution >= 0.6 is 0 Å². The van der Waals surface area contributed by atoms with Crippen molar-refractivity contribution in [2.24, 2.45) is 0 Å². The van der Waals surface area contributed by atoms with Gasteiger partial charge in [0.25, 0.3) is 0 Å². The van der Waals surface area contributed by atoms with Gasteiger partial charge in [0.05, 0.1) is 11.4 Å². The Hall–Kier alpha value is -1.69. The number of nitrogens with zero attached hydrogens (tertiary/aromatic N) is 2. The molecule has 0 saturated heterocycles. The molecule has 1 aromatic heterocycles. The molecule has 2 aromatic rings. The summed E-state index contributed by atoms with van der Waals surface area (Å²) in [6.07, 6.45) is 1.77. The third-order valence-electron chi connectivity index (χ3n) is 2.99. The van der Waals surface area contributed by atoms with Gasteiger partial charge in [-0.15, -0.1) is 0 Å². The average molecular weight is 289 g/mol. The lowest BCUT2D eigenvalue weighted by Gasteiger charge is -2.16. The van der Waals surface area contributed by atoms with Gasteiger partial charge in [-0.3, -0.25) is 0 Å². The maximum Gasteiger partial charge on any atom is 0.169 e. The maximum absolute atomic E-state index is 5.48. The van der Waals surface area contributed by atoms with Gasteiger partial charge in [-0.25, -0.2) is 4.68 Å². The molecule has 0 unspecified atom stereocenters. The summed E-state index contributed by atoms with van der Waals surface area (Å²) in [6.45, 7) is 6.57. The van der Waals surface area contributed by atoms with E-state index >= 15 is 0 Å². The Labute approximate surface area is 125 Å². The fraction of sp³-hybridized carbons (Fsp3) is 0.438. The molecule has 21 heavy (non-hydrogen) atoms. The summed E-state index contributed by atoms with van der Waals surface area (Å²) in [7, 11) is 0. The molecule has 1 N–H and O–H groups in total. The van der Waals surface area contributed by atoms with Crippen molar-refractivity contribution >= 4 is 0 Å². The number of para-hydroxylation sites is 1. The van der Waals surface area contributed by atoms with Crippen LogP contribution in [0.5, 0.6) is 0 Å². The first kappa shape index (κ1) is 15.7. The smallest absolute Gasteiger partial charge is 0.169 e. The normalized spacial score (nSPS) is 11.2. The fourth-order valence-electron chi connectivity index (χ4n) is 2.04. The molecule has 0 aliphatic carbocycles. The third-order valence-corrected chi connectivity index (χ3v) is 2.99. The largest absolute Gasteiger partial charge is 0.352 e. The van der Waals surface area contributed by atoms with Gasteiger partial charge in [0.15, 0.2) is 6.29 Å². The minimum absolute atomic E-state index is 0.198. The minimum Gasteiger partial charge on any atom is -0.352 e. The lowest BCUT2D eigenvalue weighted by atomic mass is 10.3. The molecular weight excluding hydrogens is 266 g/mol. The number of hydrogen-bond acceptors (Lipinski definition) is 4. The van der Waals surface area contributed by atoms with Gasteiger partial charge < -0.3 is 14.8 Å². The summed E-state index contributed by atoms with van der Waals surface area (Å²) in [5.41, 5.74) is 2.05. The van der Waals surface area contributed by atoms with Crippen molar-refractivity contribution in [3.05, 3.63) is 48.3 Å². The highest BCUT2D eigenvalue weighted by atomic mass is 16.7. The van der Waals surface area contributed by atoms with E-state index in [0.29, 0.717) is 26.3 Å². The Bertz CT molecular complexity index is 507. The first-order chi connectivity index (χ1) is 10.3.